The monoisotopic (exact) mass is 171 g/mol. The summed E-state index contributed by atoms with van der Waals surface area (Å²) >= 11 is 0. The first kappa shape index (κ1) is 9.06. The van der Waals surface area contributed by atoms with Crippen molar-refractivity contribution in [2.45, 2.75) is 19.4 Å². The van der Waals surface area contributed by atoms with Crippen molar-refractivity contribution < 1.29 is 14.6 Å². The minimum Gasteiger partial charge on any atom is -0.477 e. The number of carboxylic acid groups (broad SMARTS) is 1. The van der Waals surface area contributed by atoms with E-state index in [0.29, 0.717) is 13.2 Å². The molecule has 1 fully saturated rings. The highest BCUT2D eigenvalue weighted by atomic mass is 16.5. The Labute approximate surface area is 71.2 Å². The Bertz CT molecular complexity index is 194. The predicted octanol–water partition coefficient (Wildman–Crippen LogP) is 0.353. The van der Waals surface area contributed by atoms with E-state index in [-0.39, 0.29) is 11.7 Å². The van der Waals surface area contributed by atoms with Gasteiger partial charge in [-0.1, -0.05) is 6.08 Å². The van der Waals surface area contributed by atoms with E-state index in [1.165, 1.54) is 0 Å². The lowest BCUT2D eigenvalue weighted by Gasteiger charge is -2.11. The summed E-state index contributed by atoms with van der Waals surface area (Å²) in [5, 5.41) is 11.6. The third kappa shape index (κ3) is 2.23. The molecule has 0 aliphatic carbocycles. The number of ether oxygens (including phenoxy) is 1. The lowest BCUT2D eigenvalue weighted by molar-refractivity contribution is -0.133. The third-order valence-electron chi connectivity index (χ3n) is 1.81. The van der Waals surface area contributed by atoms with Crippen LogP contribution in [0.5, 0.6) is 0 Å². The van der Waals surface area contributed by atoms with E-state index < -0.39 is 5.97 Å². The summed E-state index contributed by atoms with van der Waals surface area (Å²) in [6.45, 7) is 3.02. The summed E-state index contributed by atoms with van der Waals surface area (Å²) in [4.78, 5) is 10.5. The van der Waals surface area contributed by atoms with E-state index in [1.807, 2.05) is 0 Å². The highest BCUT2D eigenvalue weighted by Gasteiger charge is 2.17. The smallest absolute Gasteiger partial charge is 0.351 e. The molecule has 0 aromatic carbocycles. The zero-order valence-electron chi connectivity index (χ0n) is 7.04. The van der Waals surface area contributed by atoms with Crippen molar-refractivity contribution in [3.8, 4) is 0 Å². The number of allylic oxidation sites excluding steroid dienone is 1. The van der Waals surface area contributed by atoms with Crippen LogP contribution in [-0.2, 0) is 9.53 Å². The highest BCUT2D eigenvalue weighted by Crippen LogP contribution is 2.05. The zero-order chi connectivity index (χ0) is 8.97. The van der Waals surface area contributed by atoms with E-state index in [2.05, 4.69) is 5.32 Å². The second-order valence-electron chi connectivity index (χ2n) is 2.71. The number of aliphatic carboxylic acids is 1. The molecule has 4 nitrogen and oxygen atoms in total. The zero-order valence-corrected chi connectivity index (χ0v) is 7.04. The minimum absolute atomic E-state index is 0.160. The van der Waals surface area contributed by atoms with E-state index >= 15 is 0 Å². The molecular formula is C8H13NO3. The van der Waals surface area contributed by atoms with Crippen molar-refractivity contribution in [1.82, 2.24) is 5.32 Å². The van der Waals surface area contributed by atoms with Crippen LogP contribution in [0.1, 0.15) is 13.3 Å². The molecule has 0 spiro atoms. The first-order chi connectivity index (χ1) is 5.74. The molecule has 1 rings (SSSR count). The summed E-state index contributed by atoms with van der Waals surface area (Å²) in [5.74, 6) is -0.913. The fourth-order valence-electron chi connectivity index (χ4n) is 1.14. The first-order valence-corrected chi connectivity index (χ1v) is 3.98. The van der Waals surface area contributed by atoms with E-state index in [0.717, 1.165) is 6.42 Å². The molecule has 0 aromatic heterocycles. The number of nitrogens with one attached hydrogen (secondary N) is 1. The van der Waals surface area contributed by atoms with Crippen LogP contribution in [0.15, 0.2) is 11.8 Å². The van der Waals surface area contributed by atoms with Crippen molar-refractivity contribution >= 4 is 5.97 Å². The maximum atomic E-state index is 10.5. The van der Waals surface area contributed by atoms with Gasteiger partial charge in [0.2, 0.25) is 0 Å². The van der Waals surface area contributed by atoms with Crippen molar-refractivity contribution in [1.29, 1.82) is 0 Å². The van der Waals surface area contributed by atoms with Gasteiger partial charge in [-0.3, -0.25) is 0 Å². The Morgan fingerprint density at radius 2 is 2.50 bits per heavy atom. The van der Waals surface area contributed by atoms with Crippen LogP contribution < -0.4 is 5.32 Å². The minimum atomic E-state index is -0.913. The molecule has 1 saturated heterocycles. The molecule has 0 saturated carbocycles. The molecule has 1 aliphatic rings. The molecule has 0 bridgehead atoms. The first-order valence-electron chi connectivity index (χ1n) is 3.98. The second kappa shape index (κ2) is 4.11. The average molecular weight is 171 g/mol. The standard InChI is InChI=1S/C8H13NO3/c1-2-7(8(10)11)9-6-3-4-12-5-6/h2,6,9H,3-5H2,1H3,(H,10,11). The maximum Gasteiger partial charge on any atom is 0.351 e. The molecule has 1 atom stereocenters. The molecule has 1 aliphatic heterocycles. The number of rotatable bonds is 3. The van der Waals surface area contributed by atoms with Gasteiger partial charge in [-0.2, -0.15) is 0 Å². The van der Waals surface area contributed by atoms with E-state index in [9.17, 15) is 4.79 Å². The number of hydrogen-bond acceptors (Lipinski definition) is 3. The summed E-state index contributed by atoms with van der Waals surface area (Å²) in [6.07, 6.45) is 2.44. The largest absolute Gasteiger partial charge is 0.477 e. The number of hydrogen-bond donors (Lipinski definition) is 2. The molecule has 1 heterocycles. The molecule has 1 unspecified atom stereocenters. The molecule has 0 amide bonds. The van der Waals surface area contributed by atoms with Crippen molar-refractivity contribution in [3.63, 3.8) is 0 Å². The molecule has 4 heteroatoms. The SMILES string of the molecule is CC=C(NC1CCOC1)C(=O)O. The molecule has 2 N–H and O–H groups in total. The summed E-state index contributed by atoms with van der Waals surface area (Å²) in [7, 11) is 0. The van der Waals surface area contributed by atoms with Gasteiger partial charge < -0.3 is 15.2 Å². The molecule has 0 aromatic rings. The Balaban J connectivity index is 2.42. The van der Waals surface area contributed by atoms with Crippen LogP contribution in [0.25, 0.3) is 0 Å². The van der Waals surface area contributed by atoms with Gasteiger partial charge in [0.1, 0.15) is 5.70 Å². The van der Waals surface area contributed by atoms with Crippen LogP contribution in [-0.4, -0.2) is 30.3 Å². The van der Waals surface area contributed by atoms with E-state index in [4.69, 9.17) is 9.84 Å². The van der Waals surface area contributed by atoms with Gasteiger partial charge in [-0.15, -0.1) is 0 Å². The van der Waals surface area contributed by atoms with Gasteiger partial charge in [-0.25, -0.2) is 4.79 Å². The van der Waals surface area contributed by atoms with Crippen LogP contribution in [0.3, 0.4) is 0 Å². The van der Waals surface area contributed by atoms with Crippen molar-refractivity contribution in [2.24, 2.45) is 0 Å². The lowest BCUT2D eigenvalue weighted by Crippen LogP contribution is -2.31. The van der Waals surface area contributed by atoms with Crippen LogP contribution >= 0.6 is 0 Å². The van der Waals surface area contributed by atoms with Gasteiger partial charge in [0.05, 0.1) is 12.6 Å². The van der Waals surface area contributed by atoms with Gasteiger partial charge in [0.15, 0.2) is 0 Å². The predicted molar refractivity (Wildman–Crippen MR) is 43.8 cm³/mol. The molecule has 68 valence electrons. The summed E-state index contributed by atoms with van der Waals surface area (Å²) in [6, 6.07) is 0.160. The average Bonchev–Trinajstić information content (AvgIpc) is 2.51. The lowest BCUT2D eigenvalue weighted by atomic mass is 10.2. The third-order valence-corrected chi connectivity index (χ3v) is 1.81. The highest BCUT2D eigenvalue weighted by molar-refractivity contribution is 5.85. The van der Waals surface area contributed by atoms with E-state index in [1.54, 1.807) is 13.0 Å². The Kier molecular flexibility index (Phi) is 3.10. The summed E-state index contributed by atoms with van der Waals surface area (Å²) in [5.41, 5.74) is 0.255. The molecule has 0 radical (unpaired) electrons. The fraction of sp³-hybridized carbons (Fsp3) is 0.625. The molecular weight excluding hydrogens is 158 g/mol. The number of carbonyl (C=O) groups is 1. The van der Waals surface area contributed by atoms with Crippen molar-refractivity contribution in [2.75, 3.05) is 13.2 Å². The topological polar surface area (TPSA) is 58.6 Å². The quantitative estimate of drug-likeness (QED) is 0.602. The van der Waals surface area contributed by atoms with Crippen LogP contribution in [0.2, 0.25) is 0 Å². The van der Waals surface area contributed by atoms with Gasteiger partial charge in [0.25, 0.3) is 0 Å². The van der Waals surface area contributed by atoms with Crippen LogP contribution in [0, 0.1) is 0 Å². The van der Waals surface area contributed by atoms with Gasteiger partial charge in [0, 0.05) is 6.61 Å². The Morgan fingerprint density at radius 1 is 1.75 bits per heavy atom. The summed E-state index contributed by atoms with van der Waals surface area (Å²) < 4.78 is 5.10. The normalized spacial score (nSPS) is 24.1. The fourth-order valence-corrected chi connectivity index (χ4v) is 1.14. The van der Waals surface area contributed by atoms with Gasteiger partial charge in [-0.05, 0) is 13.3 Å². The second-order valence-corrected chi connectivity index (χ2v) is 2.71. The molecule has 12 heavy (non-hydrogen) atoms. The Morgan fingerprint density at radius 3 is 2.92 bits per heavy atom. The Hall–Kier alpha value is -1.03. The van der Waals surface area contributed by atoms with Crippen LogP contribution in [0.4, 0.5) is 0 Å². The maximum absolute atomic E-state index is 10.5. The van der Waals surface area contributed by atoms with Crippen molar-refractivity contribution in [3.05, 3.63) is 11.8 Å². The number of carboxylic acids is 1. The van der Waals surface area contributed by atoms with Gasteiger partial charge >= 0.3 is 5.97 Å².